The molecular formula is C9H16OS. The van der Waals surface area contributed by atoms with Gasteiger partial charge >= 0.3 is 0 Å². The smallest absolute Gasteiger partial charge is 0.0494 e. The normalized spacial score (nSPS) is 16.7. The van der Waals surface area contributed by atoms with Crippen molar-refractivity contribution in [3.63, 3.8) is 0 Å². The van der Waals surface area contributed by atoms with Crippen LogP contribution in [-0.4, -0.2) is 10.5 Å². The highest BCUT2D eigenvalue weighted by Crippen LogP contribution is 2.07. The monoisotopic (exact) mass is 172 g/mol. The molecule has 0 saturated carbocycles. The summed E-state index contributed by atoms with van der Waals surface area (Å²) in [5.74, 6) is 0. The Hall–Kier alpha value is -0.370. The summed E-state index contributed by atoms with van der Waals surface area (Å²) >= 11 is 0. The average molecular weight is 172 g/mol. The molecule has 0 aliphatic heterocycles. The lowest BCUT2D eigenvalue weighted by Crippen LogP contribution is -1.88. The third-order valence-corrected chi connectivity index (χ3v) is 2.58. The van der Waals surface area contributed by atoms with Gasteiger partial charge in [0, 0.05) is 22.0 Å². The molecule has 1 unspecified atom stereocenters. The van der Waals surface area contributed by atoms with E-state index in [2.05, 4.69) is 13.8 Å². The van der Waals surface area contributed by atoms with Gasteiger partial charge in [-0.2, -0.15) is 0 Å². The van der Waals surface area contributed by atoms with Gasteiger partial charge in [0.1, 0.15) is 0 Å². The van der Waals surface area contributed by atoms with Gasteiger partial charge < -0.3 is 0 Å². The molecule has 2 heteroatoms. The fraction of sp³-hybridized carbons (Fsp3) is 0.556. The molecule has 0 aliphatic rings. The molecule has 0 fully saturated rings. The Morgan fingerprint density at radius 2 is 2.09 bits per heavy atom. The van der Waals surface area contributed by atoms with Crippen molar-refractivity contribution in [3.05, 3.63) is 22.6 Å². The number of hydrogen-bond donors (Lipinski definition) is 0. The van der Waals surface area contributed by atoms with E-state index in [-0.39, 0.29) is 0 Å². The van der Waals surface area contributed by atoms with Crippen LogP contribution in [0.3, 0.4) is 0 Å². The SMILES string of the molecule is C/C=C(\C=C(\C)CC)S(C)=O. The highest BCUT2D eigenvalue weighted by molar-refractivity contribution is 7.88. The van der Waals surface area contributed by atoms with Crippen LogP contribution in [0, 0.1) is 0 Å². The first kappa shape index (κ1) is 10.6. The quantitative estimate of drug-likeness (QED) is 0.598. The molecule has 64 valence electrons. The first-order valence-electron chi connectivity index (χ1n) is 3.78. The lowest BCUT2D eigenvalue weighted by atomic mass is 10.2. The summed E-state index contributed by atoms with van der Waals surface area (Å²) in [5, 5.41) is 0. The molecule has 0 N–H and O–H groups in total. The molecule has 0 bridgehead atoms. The van der Waals surface area contributed by atoms with E-state index in [9.17, 15) is 4.21 Å². The second kappa shape index (κ2) is 5.30. The van der Waals surface area contributed by atoms with Gasteiger partial charge in [-0.1, -0.05) is 18.6 Å². The third-order valence-electron chi connectivity index (χ3n) is 1.56. The van der Waals surface area contributed by atoms with Crippen molar-refractivity contribution < 1.29 is 4.21 Å². The van der Waals surface area contributed by atoms with Gasteiger partial charge in [0.05, 0.1) is 0 Å². The fourth-order valence-corrected chi connectivity index (χ4v) is 1.38. The first-order valence-corrected chi connectivity index (χ1v) is 5.34. The molecule has 0 radical (unpaired) electrons. The van der Waals surface area contributed by atoms with Crippen molar-refractivity contribution in [1.82, 2.24) is 0 Å². The molecule has 0 aromatic heterocycles. The molecule has 0 spiro atoms. The molecule has 0 aromatic carbocycles. The standard InChI is InChI=1S/C9H16OS/c1-5-8(3)7-9(6-2)11(4)10/h6-7H,5H2,1-4H3/b8-7-,9-6+. The lowest BCUT2D eigenvalue weighted by molar-refractivity contribution is 0.690. The number of hydrogen-bond acceptors (Lipinski definition) is 1. The summed E-state index contributed by atoms with van der Waals surface area (Å²) < 4.78 is 11.0. The molecule has 0 heterocycles. The number of allylic oxidation sites excluding steroid dienone is 3. The lowest BCUT2D eigenvalue weighted by Gasteiger charge is -1.97. The van der Waals surface area contributed by atoms with Crippen LogP contribution in [0.1, 0.15) is 27.2 Å². The van der Waals surface area contributed by atoms with Gasteiger partial charge in [0.15, 0.2) is 0 Å². The predicted molar refractivity (Wildman–Crippen MR) is 51.9 cm³/mol. The summed E-state index contributed by atoms with van der Waals surface area (Å²) in [5.41, 5.74) is 1.27. The zero-order chi connectivity index (χ0) is 8.85. The van der Waals surface area contributed by atoms with E-state index in [0.717, 1.165) is 11.3 Å². The Balaban J connectivity index is 4.45. The number of rotatable bonds is 3. The summed E-state index contributed by atoms with van der Waals surface area (Å²) in [6.07, 6.45) is 6.62. The van der Waals surface area contributed by atoms with Crippen LogP contribution < -0.4 is 0 Å². The highest BCUT2D eigenvalue weighted by Gasteiger charge is 1.95. The van der Waals surface area contributed by atoms with Gasteiger partial charge in [0.25, 0.3) is 0 Å². The second-order valence-electron chi connectivity index (χ2n) is 2.49. The summed E-state index contributed by atoms with van der Waals surface area (Å²) in [6.45, 7) is 6.06. The molecule has 0 rings (SSSR count). The maximum Gasteiger partial charge on any atom is 0.0494 e. The molecule has 0 aliphatic carbocycles. The summed E-state index contributed by atoms with van der Waals surface area (Å²) in [7, 11) is -0.841. The van der Waals surface area contributed by atoms with E-state index in [0.29, 0.717) is 0 Å². The van der Waals surface area contributed by atoms with E-state index < -0.39 is 10.8 Å². The predicted octanol–water partition coefficient (Wildman–Crippen LogP) is 2.63. The zero-order valence-corrected chi connectivity index (χ0v) is 8.49. The van der Waals surface area contributed by atoms with Crippen LogP contribution in [0.5, 0.6) is 0 Å². The molecule has 0 saturated heterocycles. The highest BCUT2D eigenvalue weighted by atomic mass is 32.2. The minimum absolute atomic E-state index is 0.841. The van der Waals surface area contributed by atoms with Crippen molar-refractivity contribution in [2.24, 2.45) is 0 Å². The maximum atomic E-state index is 11.0. The van der Waals surface area contributed by atoms with Crippen LogP contribution in [0.25, 0.3) is 0 Å². The van der Waals surface area contributed by atoms with Gasteiger partial charge in [-0.3, -0.25) is 4.21 Å². The van der Waals surface area contributed by atoms with Gasteiger partial charge in [-0.25, -0.2) is 0 Å². The average Bonchev–Trinajstić information content (AvgIpc) is 1.99. The Bertz CT molecular complexity index is 202. The van der Waals surface area contributed by atoms with Crippen LogP contribution >= 0.6 is 0 Å². The van der Waals surface area contributed by atoms with Gasteiger partial charge in [0.2, 0.25) is 0 Å². The van der Waals surface area contributed by atoms with Crippen molar-refractivity contribution in [3.8, 4) is 0 Å². The molecule has 0 aromatic rings. The van der Waals surface area contributed by atoms with E-state index in [1.54, 1.807) is 6.26 Å². The Labute approximate surface area is 71.7 Å². The first-order chi connectivity index (χ1) is 5.11. The van der Waals surface area contributed by atoms with Crippen LogP contribution in [-0.2, 0) is 10.8 Å². The summed E-state index contributed by atoms with van der Waals surface area (Å²) in [6, 6.07) is 0. The Morgan fingerprint density at radius 1 is 1.55 bits per heavy atom. The van der Waals surface area contributed by atoms with Gasteiger partial charge in [-0.05, 0) is 26.3 Å². The minimum atomic E-state index is -0.841. The molecule has 11 heavy (non-hydrogen) atoms. The molecule has 0 amide bonds. The van der Waals surface area contributed by atoms with E-state index >= 15 is 0 Å². The topological polar surface area (TPSA) is 17.1 Å². The summed E-state index contributed by atoms with van der Waals surface area (Å²) in [4.78, 5) is 0.921. The van der Waals surface area contributed by atoms with Crippen LogP contribution in [0.15, 0.2) is 22.6 Å². The van der Waals surface area contributed by atoms with E-state index in [1.165, 1.54) is 5.57 Å². The zero-order valence-electron chi connectivity index (χ0n) is 7.68. The van der Waals surface area contributed by atoms with Crippen LogP contribution in [0.4, 0.5) is 0 Å². The van der Waals surface area contributed by atoms with E-state index in [4.69, 9.17) is 0 Å². The Morgan fingerprint density at radius 3 is 2.36 bits per heavy atom. The maximum absolute atomic E-state index is 11.0. The fourth-order valence-electron chi connectivity index (χ4n) is 0.677. The van der Waals surface area contributed by atoms with Crippen molar-refractivity contribution in [2.75, 3.05) is 6.26 Å². The van der Waals surface area contributed by atoms with Gasteiger partial charge in [-0.15, -0.1) is 0 Å². The molecular weight excluding hydrogens is 156 g/mol. The van der Waals surface area contributed by atoms with Crippen molar-refractivity contribution >= 4 is 10.8 Å². The molecule has 1 nitrogen and oxygen atoms in total. The molecule has 1 atom stereocenters. The largest absolute Gasteiger partial charge is 0.255 e. The third kappa shape index (κ3) is 4.14. The second-order valence-corrected chi connectivity index (χ2v) is 3.87. The minimum Gasteiger partial charge on any atom is -0.255 e. The van der Waals surface area contributed by atoms with Crippen molar-refractivity contribution in [1.29, 1.82) is 0 Å². The van der Waals surface area contributed by atoms with Crippen molar-refractivity contribution in [2.45, 2.75) is 27.2 Å². The Kier molecular flexibility index (Phi) is 5.12. The van der Waals surface area contributed by atoms with Crippen LogP contribution in [0.2, 0.25) is 0 Å². The van der Waals surface area contributed by atoms with E-state index in [1.807, 2.05) is 19.1 Å².